The van der Waals surface area contributed by atoms with Crippen molar-refractivity contribution in [2.45, 2.75) is 96.8 Å². The summed E-state index contributed by atoms with van der Waals surface area (Å²) in [4.78, 5) is 21.2. The van der Waals surface area contributed by atoms with Gasteiger partial charge in [0, 0.05) is 6.08 Å². The molecule has 0 spiro atoms. The molecule has 0 saturated carbocycles. The molecule has 0 radical (unpaired) electrons. The van der Waals surface area contributed by atoms with Crippen molar-refractivity contribution in [2.24, 2.45) is 0 Å². The van der Waals surface area contributed by atoms with Gasteiger partial charge in [-0.2, -0.15) is 0 Å². The number of carboxylic acid groups (broad SMARTS) is 1. The summed E-state index contributed by atoms with van der Waals surface area (Å²) < 4.78 is 4.88. The molecule has 0 saturated heterocycles. The second-order valence-corrected chi connectivity index (χ2v) is 6.42. The van der Waals surface area contributed by atoms with E-state index in [0.29, 0.717) is 12.7 Å². The number of ether oxygens (including phenoxy) is 1. The van der Waals surface area contributed by atoms with E-state index in [1.165, 1.54) is 77.0 Å². The molecule has 0 N–H and O–H groups in total. The molecule has 0 atom stereocenters. The average molecular weight is 379 g/mol. The minimum absolute atomic E-state index is 0. The minimum Gasteiger partial charge on any atom is -0.545 e. The molecule has 0 unspecified atom stereocenters. The van der Waals surface area contributed by atoms with Crippen molar-refractivity contribution in [1.82, 2.24) is 0 Å². The van der Waals surface area contributed by atoms with E-state index >= 15 is 0 Å². The maximum absolute atomic E-state index is 11.1. The quantitative estimate of drug-likeness (QED) is 0.166. The van der Waals surface area contributed by atoms with Gasteiger partial charge in [0.05, 0.1) is 12.6 Å². The molecular weight excluding hydrogens is 343 g/mol. The van der Waals surface area contributed by atoms with Gasteiger partial charge < -0.3 is 14.6 Å². The van der Waals surface area contributed by atoms with E-state index in [2.05, 4.69) is 6.92 Å². The van der Waals surface area contributed by atoms with Crippen LogP contribution >= 0.6 is 0 Å². The normalized spacial score (nSPS) is 10.6. The van der Waals surface area contributed by atoms with Crippen LogP contribution in [0.15, 0.2) is 12.2 Å². The number of aliphatic carboxylic acids is 1. The van der Waals surface area contributed by atoms with Crippen LogP contribution < -0.4 is 56.5 Å². The number of rotatable bonds is 17. The summed E-state index contributed by atoms with van der Waals surface area (Å²) >= 11 is 0. The maximum atomic E-state index is 11.1. The fourth-order valence-electron chi connectivity index (χ4n) is 2.65. The molecule has 0 aliphatic heterocycles. The van der Waals surface area contributed by atoms with E-state index in [1.54, 1.807) is 0 Å². The van der Waals surface area contributed by atoms with Crippen LogP contribution in [0.25, 0.3) is 0 Å². The van der Waals surface area contributed by atoms with Gasteiger partial charge in [-0.05, 0) is 12.5 Å². The van der Waals surface area contributed by atoms with Crippen molar-refractivity contribution in [2.75, 3.05) is 6.61 Å². The molecule has 4 nitrogen and oxygen atoms in total. The number of carbonyl (C=O) groups excluding carboxylic acids is 2. The zero-order valence-electron chi connectivity index (χ0n) is 16.4. The summed E-state index contributed by atoms with van der Waals surface area (Å²) in [5.41, 5.74) is 0. The van der Waals surface area contributed by atoms with Crippen molar-refractivity contribution in [1.29, 1.82) is 0 Å². The van der Waals surface area contributed by atoms with E-state index in [-0.39, 0.29) is 51.4 Å². The molecular formula is C20H35KO4. The SMILES string of the molecule is CCCCCCCCCCCCCCCCOC(=O)/C=C\C(=O)[O-].[K+]. The Balaban J connectivity index is 0. The summed E-state index contributed by atoms with van der Waals surface area (Å²) in [5.74, 6) is -2.00. The van der Waals surface area contributed by atoms with Gasteiger partial charge in [-0.25, -0.2) is 4.79 Å². The van der Waals surface area contributed by atoms with Crippen LogP contribution in [-0.4, -0.2) is 18.5 Å². The first-order valence-corrected chi connectivity index (χ1v) is 9.72. The molecule has 0 aliphatic rings. The van der Waals surface area contributed by atoms with E-state index in [4.69, 9.17) is 4.74 Å². The zero-order chi connectivity index (χ0) is 17.9. The van der Waals surface area contributed by atoms with Crippen LogP contribution in [0.5, 0.6) is 0 Å². The Kier molecular flexibility index (Phi) is 24.6. The van der Waals surface area contributed by atoms with Crippen LogP contribution in [0.3, 0.4) is 0 Å². The van der Waals surface area contributed by atoms with E-state index < -0.39 is 11.9 Å². The number of hydrogen-bond donors (Lipinski definition) is 0. The first-order valence-electron chi connectivity index (χ1n) is 9.72. The average Bonchev–Trinajstić information content (AvgIpc) is 2.56. The standard InChI is InChI=1S/C20H36O4.K/c1-2-3-4-5-6-7-8-9-10-11-12-13-14-15-18-24-20(23)17-16-19(21)22;/h16-17H,2-15,18H2,1H3,(H,21,22);/q;+1/p-1/b17-16-;. The Morgan fingerprint density at radius 1 is 0.720 bits per heavy atom. The fourth-order valence-corrected chi connectivity index (χ4v) is 2.65. The van der Waals surface area contributed by atoms with E-state index in [9.17, 15) is 14.7 Å². The monoisotopic (exact) mass is 378 g/mol. The van der Waals surface area contributed by atoms with Crippen molar-refractivity contribution < 1.29 is 70.8 Å². The number of hydrogen-bond acceptors (Lipinski definition) is 4. The molecule has 0 aromatic rings. The second kappa shape index (κ2) is 22.4. The molecule has 0 aromatic carbocycles. The van der Waals surface area contributed by atoms with Gasteiger partial charge in [0.15, 0.2) is 0 Å². The number of carboxylic acids is 1. The fraction of sp³-hybridized carbons (Fsp3) is 0.800. The van der Waals surface area contributed by atoms with E-state index in [1.807, 2.05) is 0 Å². The van der Waals surface area contributed by atoms with Gasteiger partial charge in [0.25, 0.3) is 0 Å². The summed E-state index contributed by atoms with van der Waals surface area (Å²) in [6.07, 6.45) is 19.5. The Labute approximate surface area is 196 Å². The molecule has 140 valence electrons. The topological polar surface area (TPSA) is 66.4 Å². The predicted octanol–water partition coefficient (Wildman–Crippen LogP) is 1.32. The molecule has 0 fully saturated rings. The molecule has 0 heterocycles. The molecule has 0 aromatic heterocycles. The smallest absolute Gasteiger partial charge is 0.545 e. The number of unbranched alkanes of at least 4 members (excludes halogenated alkanes) is 13. The van der Waals surface area contributed by atoms with Crippen molar-refractivity contribution in [3.8, 4) is 0 Å². The van der Waals surface area contributed by atoms with Gasteiger partial charge >= 0.3 is 57.4 Å². The molecule has 0 aliphatic carbocycles. The largest absolute Gasteiger partial charge is 1.00 e. The van der Waals surface area contributed by atoms with Crippen molar-refractivity contribution in [3.05, 3.63) is 12.2 Å². The molecule has 5 heteroatoms. The molecule has 25 heavy (non-hydrogen) atoms. The predicted molar refractivity (Wildman–Crippen MR) is 95.4 cm³/mol. The molecule has 0 amide bonds. The maximum Gasteiger partial charge on any atom is 1.00 e. The first-order chi connectivity index (χ1) is 11.7. The Morgan fingerprint density at radius 2 is 1.12 bits per heavy atom. The van der Waals surface area contributed by atoms with Gasteiger partial charge in [-0.1, -0.05) is 90.4 Å². The second-order valence-electron chi connectivity index (χ2n) is 6.42. The molecule has 0 bridgehead atoms. The zero-order valence-corrected chi connectivity index (χ0v) is 19.5. The summed E-state index contributed by atoms with van der Waals surface area (Å²) in [6, 6.07) is 0. The third kappa shape index (κ3) is 24.3. The summed E-state index contributed by atoms with van der Waals surface area (Å²) in [6.45, 7) is 2.61. The van der Waals surface area contributed by atoms with Crippen LogP contribution in [0.2, 0.25) is 0 Å². The van der Waals surface area contributed by atoms with Crippen LogP contribution in [-0.2, 0) is 14.3 Å². The third-order valence-corrected chi connectivity index (χ3v) is 4.10. The Morgan fingerprint density at radius 3 is 1.52 bits per heavy atom. The summed E-state index contributed by atoms with van der Waals surface area (Å²) in [5, 5.41) is 10.1. The minimum atomic E-state index is -1.39. The van der Waals surface area contributed by atoms with Crippen molar-refractivity contribution in [3.63, 3.8) is 0 Å². The van der Waals surface area contributed by atoms with Gasteiger partial charge in [0.1, 0.15) is 0 Å². The third-order valence-electron chi connectivity index (χ3n) is 4.10. The Bertz CT molecular complexity index is 343. The van der Waals surface area contributed by atoms with Crippen LogP contribution in [0.4, 0.5) is 0 Å². The van der Waals surface area contributed by atoms with Crippen molar-refractivity contribution >= 4 is 11.9 Å². The molecule has 0 rings (SSSR count). The Hall–Kier alpha value is 0.316. The van der Waals surface area contributed by atoms with Gasteiger partial charge in [0.2, 0.25) is 0 Å². The van der Waals surface area contributed by atoms with Gasteiger partial charge in [-0.3, -0.25) is 0 Å². The summed E-state index contributed by atoms with van der Waals surface area (Å²) in [7, 11) is 0. The number of esters is 1. The van der Waals surface area contributed by atoms with E-state index in [0.717, 1.165) is 18.9 Å². The van der Waals surface area contributed by atoms with Gasteiger partial charge in [-0.15, -0.1) is 0 Å². The van der Waals surface area contributed by atoms with Crippen LogP contribution in [0, 0.1) is 0 Å². The first kappa shape index (κ1) is 27.5. The number of carbonyl (C=O) groups is 2. The van der Waals surface area contributed by atoms with Crippen LogP contribution in [0.1, 0.15) is 96.8 Å².